The van der Waals surface area contributed by atoms with Crippen LogP contribution in [0.1, 0.15) is 40.0 Å². The summed E-state index contributed by atoms with van der Waals surface area (Å²) in [7, 11) is -2.07. The van der Waals surface area contributed by atoms with Crippen LogP contribution in [0, 0.1) is 0 Å². The monoisotopic (exact) mass is 289 g/mol. The molecule has 1 fully saturated rings. The summed E-state index contributed by atoms with van der Waals surface area (Å²) >= 11 is 0. The molecule has 0 radical (unpaired) electrons. The maximum Gasteiger partial charge on any atom is 0.427 e. The smallest absolute Gasteiger partial charge is 0.383 e. The molecule has 1 heterocycles. The van der Waals surface area contributed by atoms with E-state index >= 15 is 0 Å². The highest BCUT2D eigenvalue weighted by Gasteiger charge is 2.48. The van der Waals surface area contributed by atoms with Crippen molar-refractivity contribution in [1.29, 1.82) is 0 Å². The van der Waals surface area contributed by atoms with Crippen LogP contribution in [0.2, 0.25) is 6.04 Å². The molecule has 1 saturated heterocycles. The lowest BCUT2D eigenvalue weighted by molar-refractivity contribution is 0.136. The number of rotatable bonds is 10. The Balaban J connectivity index is 2.37. The van der Waals surface area contributed by atoms with Gasteiger partial charge in [0.1, 0.15) is 0 Å². The first kappa shape index (κ1) is 17.1. The number of nitrogens with zero attached hydrogens (tertiary/aromatic N) is 1. The highest BCUT2D eigenvalue weighted by molar-refractivity contribution is 6.65. The molecular formula is C13H31N3O2Si. The van der Waals surface area contributed by atoms with Gasteiger partial charge in [0, 0.05) is 19.3 Å². The Morgan fingerprint density at radius 2 is 1.95 bits per heavy atom. The Morgan fingerprint density at radius 3 is 2.53 bits per heavy atom. The Morgan fingerprint density at radius 1 is 1.26 bits per heavy atom. The average Bonchev–Trinajstić information content (AvgIpc) is 2.78. The lowest BCUT2D eigenvalue weighted by Crippen LogP contribution is -2.55. The van der Waals surface area contributed by atoms with E-state index in [2.05, 4.69) is 30.7 Å². The molecule has 0 bridgehead atoms. The van der Waals surface area contributed by atoms with Crippen LogP contribution in [-0.4, -0.2) is 52.3 Å². The average molecular weight is 289 g/mol. The van der Waals surface area contributed by atoms with Crippen LogP contribution in [-0.2, 0) is 8.85 Å². The molecule has 0 saturated carbocycles. The molecule has 1 aliphatic rings. The van der Waals surface area contributed by atoms with Crippen LogP contribution in [0.4, 0.5) is 0 Å². The standard InChI is InChI=1S/C13H31N3O2Si/c1-4-13(14)15-9-7-10-16-11-8-12-19(16,17-5-2)18-6-3/h13,15H,4-12,14H2,1-3H3. The first-order chi connectivity index (χ1) is 9.18. The summed E-state index contributed by atoms with van der Waals surface area (Å²) in [5.41, 5.74) is 5.85. The van der Waals surface area contributed by atoms with Gasteiger partial charge in [0.25, 0.3) is 0 Å². The van der Waals surface area contributed by atoms with Crippen LogP contribution in [0.25, 0.3) is 0 Å². The minimum atomic E-state index is -2.07. The van der Waals surface area contributed by atoms with E-state index in [1.54, 1.807) is 0 Å². The minimum Gasteiger partial charge on any atom is -0.383 e. The Hall–Kier alpha value is 0.0169. The first-order valence-electron chi connectivity index (χ1n) is 7.70. The van der Waals surface area contributed by atoms with Gasteiger partial charge in [0.15, 0.2) is 0 Å². The molecule has 19 heavy (non-hydrogen) atoms. The van der Waals surface area contributed by atoms with E-state index < -0.39 is 8.72 Å². The SMILES string of the molecule is CCO[Si]1(OCC)CCCN1CCCNC(N)CC. The first-order valence-corrected chi connectivity index (χ1v) is 9.67. The predicted octanol–water partition coefficient (Wildman–Crippen LogP) is 1.38. The molecule has 1 atom stereocenters. The van der Waals surface area contributed by atoms with Crippen molar-refractivity contribution in [3.05, 3.63) is 0 Å². The van der Waals surface area contributed by atoms with E-state index in [0.717, 1.165) is 51.7 Å². The van der Waals surface area contributed by atoms with Crippen LogP contribution in [0.3, 0.4) is 0 Å². The predicted molar refractivity (Wildman–Crippen MR) is 80.9 cm³/mol. The topological polar surface area (TPSA) is 59.8 Å². The van der Waals surface area contributed by atoms with Crippen molar-refractivity contribution in [2.75, 3.05) is 32.8 Å². The summed E-state index contributed by atoms with van der Waals surface area (Å²) in [5, 5.41) is 3.33. The fourth-order valence-electron chi connectivity index (χ4n) is 2.63. The minimum absolute atomic E-state index is 0.124. The van der Waals surface area contributed by atoms with Gasteiger partial charge in [-0.25, -0.2) is 0 Å². The number of nitrogens with two attached hydrogens (primary N) is 1. The Labute approximate surface area is 119 Å². The van der Waals surface area contributed by atoms with Gasteiger partial charge in [-0.2, -0.15) is 0 Å². The maximum atomic E-state index is 6.04. The molecule has 1 unspecified atom stereocenters. The Bertz CT molecular complexity index is 238. The van der Waals surface area contributed by atoms with Gasteiger partial charge in [-0.15, -0.1) is 0 Å². The summed E-state index contributed by atoms with van der Waals surface area (Å²) in [4.78, 5) is 0. The van der Waals surface area contributed by atoms with E-state index in [9.17, 15) is 0 Å². The van der Waals surface area contributed by atoms with Crippen LogP contribution < -0.4 is 11.1 Å². The fourth-order valence-corrected chi connectivity index (χ4v) is 6.18. The van der Waals surface area contributed by atoms with E-state index in [0.29, 0.717) is 0 Å². The van der Waals surface area contributed by atoms with E-state index in [1.165, 1.54) is 6.42 Å². The second kappa shape index (κ2) is 9.04. The van der Waals surface area contributed by atoms with E-state index in [-0.39, 0.29) is 6.17 Å². The molecule has 0 amide bonds. The second-order valence-electron chi connectivity index (χ2n) is 4.99. The summed E-state index contributed by atoms with van der Waals surface area (Å²) in [5.74, 6) is 0. The number of nitrogens with one attached hydrogen (secondary N) is 1. The largest absolute Gasteiger partial charge is 0.427 e. The van der Waals surface area contributed by atoms with Crippen LogP contribution in [0.15, 0.2) is 0 Å². The van der Waals surface area contributed by atoms with Crippen molar-refractivity contribution in [3.8, 4) is 0 Å². The summed E-state index contributed by atoms with van der Waals surface area (Å²) in [6.07, 6.45) is 3.40. The number of hydrogen-bond donors (Lipinski definition) is 2. The highest BCUT2D eigenvalue weighted by atomic mass is 28.4. The molecule has 6 heteroatoms. The summed E-state index contributed by atoms with van der Waals surface area (Å²) in [6.45, 7) is 10.9. The van der Waals surface area contributed by atoms with Crippen LogP contribution in [0.5, 0.6) is 0 Å². The van der Waals surface area contributed by atoms with Gasteiger partial charge in [0.2, 0.25) is 0 Å². The summed E-state index contributed by atoms with van der Waals surface area (Å²) < 4.78 is 14.6. The zero-order chi connectivity index (χ0) is 14.1. The third kappa shape index (κ3) is 5.13. The number of hydrogen-bond acceptors (Lipinski definition) is 5. The molecule has 0 aromatic carbocycles. The van der Waals surface area contributed by atoms with Gasteiger partial charge < -0.3 is 19.9 Å². The van der Waals surface area contributed by atoms with Gasteiger partial charge in [0.05, 0.1) is 6.17 Å². The van der Waals surface area contributed by atoms with Crippen molar-refractivity contribution in [1.82, 2.24) is 9.88 Å². The van der Waals surface area contributed by atoms with Crippen molar-refractivity contribution in [3.63, 3.8) is 0 Å². The molecule has 0 aromatic heterocycles. The molecule has 3 N–H and O–H groups in total. The van der Waals surface area contributed by atoms with Crippen molar-refractivity contribution >= 4 is 8.72 Å². The van der Waals surface area contributed by atoms with Crippen molar-refractivity contribution in [2.24, 2.45) is 5.73 Å². The zero-order valence-electron chi connectivity index (χ0n) is 12.8. The van der Waals surface area contributed by atoms with Gasteiger partial charge in [-0.1, -0.05) is 6.92 Å². The highest BCUT2D eigenvalue weighted by Crippen LogP contribution is 2.28. The van der Waals surface area contributed by atoms with Crippen molar-refractivity contribution < 1.29 is 8.85 Å². The zero-order valence-corrected chi connectivity index (χ0v) is 13.8. The molecule has 1 aliphatic heterocycles. The maximum absolute atomic E-state index is 6.04. The van der Waals surface area contributed by atoms with E-state index in [4.69, 9.17) is 14.6 Å². The molecule has 5 nitrogen and oxygen atoms in total. The fraction of sp³-hybridized carbons (Fsp3) is 1.00. The Kier molecular flexibility index (Phi) is 8.13. The van der Waals surface area contributed by atoms with Crippen molar-refractivity contribution in [2.45, 2.75) is 52.2 Å². The van der Waals surface area contributed by atoms with Gasteiger partial charge in [-0.05, 0) is 52.7 Å². The normalized spacial score (nSPS) is 20.8. The molecule has 0 aliphatic carbocycles. The van der Waals surface area contributed by atoms with Gasteiger partial charge >= 0.3 is 8.72 Å². The lowest BCUT2D eigenvalue weighted by Gasteiger charge is -2.34. The lowest BCUT2D eigenvalue weighted by atomic mass is 10.3. The quantitative estimate of drug-likeness (QED) is 0.361. The van der Waals surface area contributed by atoms with Gasteiger partial charge in [-0.3, -0.25) is 4.57 Å². The molecule has 0 spiro atoms. The molecular weight excluding hydrogens is 258 g/mol. The van der Waals surface area contributed by atoms with E-state index in [1.807, 2.05) is 0 Å². The molecule has 0 aromatic rings. The molecule has 1 rings (SSSR count). The van der Waals surface area contributed by atoms with Crippen LogP contribution >= 0.6 is 0 Å². The molecule has 114 valence electrons. The second-order valence-corrected chi connectivity index (χ2v) is 8.13. The summed E-state index contributed by atoms with van der Waals surface area (Å²) in [6, 6.07) is 1.11. The third-order valence-electron chi connectivity index (χ3n) is 3.59. The third-order valence-corrected chi connectivity index (χ3v) is 7.47.